The first-order valence-electron chi connectivity index (χ1n) is 10.0. The van der Waals surface area contributed by atoms with Gasteiger partial charge in [-0.15, -0.1) is 0 Å². The van der Waals surface area contributed by atoms with Crippen LogP contribution < -0.4 is 10.1 Å². The molecule has 0 aliphatic carbocycles. The molecule has 0 spiro atoms. The molecular formula is C22H16F3N4O4S+. The Hall–Kier alpha value is -3.77. The Bertz CT molecular complexity index is 1460. The lowest BCUT2D eigenvalue weighted by molar-refractivity contribution is -0.141. The van der Waals surface area contributed by atoms with Gasteiger partial charge in [0.15, 0.2) is 5.82 Å². The lowest BCUT2D eigenvalue weighted by Crippen LogP contribution is -2.34. The number of aromatic amines is 1. The van der Waals surface area contributed by atoms with Crippen molar-refractivity contribution in [2.45, 2.75) is 17.5 Å². The average molecular weight is 489 g/mol. The van der Waals surface area contributed by atoms with Gasteiger partial charge in [0, 0.05) is 17.3 Å². The van der Waals surface area contributed by atoms with Crippen LogP contribution in [0.2, 0.25) is 0 Å². The van der Waals surface area contributed by atoms with E-state index in [0.717, 1.165) is 17.8 Å². The van der Waals surface area contributed by atoms with Gasteiger partial charge in [-0.3, -0.25) is 14.5 Å². The molecule has 1 aliphatic rings. The molecule has 34 heavy (non-hydrogen) atoms. The Morgan fingerprint density at radius 3 is 2.35 bits per heavy atom. The van der Waals surface area contributed by atoms with Crippen molar-refractivity contribution in [1.29, 1.82) is 0 Å². The highest BCUT2D eigenvalue weighted by Crippen LogP contribution is 2.38. The van der Waals surface area contributed by atoms with E-state index < -0.39 is 28.0 Å². The van der Waals surface area contributed by atoms with Gasteiger partial charge in [0.05, 0.1) is 12.2 Å². The van der Waals surface area contributed by atoms with Crippen molar-refractivity contribution >= 4 is 16.1 Å². The summed E-state index contributed by atoms with van der Waals surface area (Å²) in [6.07, 6.45) is -2.86. The maximum absolute atomic E-state index is 13.4. The predicted molar refractivity (Wildman–Crippen MR) is 117 cm³/mol. The van der Waals surface area contributed by atoms with Crippen LogP contribution in [0.3, 0.4) is 0 Å². The van der Waals surface area contributed by atoms with Gasteiger partial charge in [-0.05, 0) is 64.2 Å². The Morgan fingerprint density at radius 1 is 1.03 bits per heavy atom. The van der Waals surface area contributed by atoms with Crippen LogP contribution in [0, 0.1) is 0 Å². The number of alkyl halides is 3. The first-order chi connectivity index (χ1) is 16.1. The van der Waals surface area contributed by atoms with Crippen LogP contribution in [-0.2, 0) is 27.2 Å². The van der Waals surface area contributed by atoms with Crippen molar-refractivity contribution in [3.8, 4) is 22.5 Å². The number of benzene rings is 2. The molecule has 0 saturated carbocycles. The van der Waals surface area contributed by atoms with E-state index in [1.54, 1.807) is 30.3 Å². The van der Waals surface area contributed by atoms with Gasteiger partial charge in [-0.2, -0.15) is 22.0 Å². The molecule has 1 atom stereocenters. The number of halogens is 3. The summed E-state index contributed by atoms with van der Waals surface area (Å²) < 4.78 is 68.5. The highest BCUT2D eigenvalue weighted by molar-refractivity contribution is 7.99. The fourth-order valence-corrected chi connectivity index (χ4v) is 5.34. The van der Waals surface area contributed by atoms with E-state index in [2.05, 4.69) is 19.6 Å². The van der Waals surface area contributed by atoms with Crippen LogP contribution in [-0.4, -0.2) is 26.2 Å². The molecule has 0 saturated heterocycles. The molecule has 2 aromatic carbocycles. The summed E-state index contributed by atoms with van der Waals surface area (Å²) in [4.78, 5) is 17.2. The fourth-order valence-electron chi connectivity index (χ4n) is 3.81. The van der Waals surface area contributed by atoms with E-state index in [1.165, 1.54) is 22.5 Å². The molecular weight excluding hydrogens is 473 g/mol. The average Bonchev–Trinajstić information content (AvgIpc) is 3.45. The third kappa shape index (κ3) is 3.90. The van der Waals surface area contributed by atoms with Gasteiger partial charge in [0.25, 0.3) is 0 Å². The lowest BCUT2D eigenvalue weighted by atomic mass is 10.0. The molecule has 2 aromatic heterocycles. The second kappa shape index (κ2) is 7.92. The molecule has 0 amide bonds. The summed E-state index contributed by atoms with van der Waals surface area (Å²) in [6.45, 7) is 0.289. The Labute approximate surface area is 191 Å². The summed E-state index contributed by atoms with van der Waals surface area (Å²) in [5, 5.41) is 3.59. The molecule has 12 heteroatoms. The van der Waals surface area contributed by atoms with Gasteiger partial charge in [-0.1, -0.05) is 17.3 Å². The zero-order valence-corrected chi connectivity index (χ0v) is 18.1. The molecule has 3 heterocycles. The number of anilines is 1. The normalized spacial score (nSPS) is 15.2. The number of nitrogens with one attached hydrogen (secondary N) is 1. The minimum Gasteiger partial charge on any atom is -0.296 e. The lowest BCUT2D eigenvalue weighted by Gasteiger charge is -2.17. The van der Waals surface area contributed by atoms with Gasteiger partial charge in [-0.25, -0.2) is 4.79 Å². The standard InChI is InChI=1S/C22H15F3N4O4S/c23-22(24,25)19-8-4-16(12-26-19)14-3-7-18-15(11-14)9-10-29(18)34(31,32)17-5-1-13(2-6-17)20-27-21(30)33-28-20/h1-8,11-12H,9-10H2,(H-,27,28,30,31,32)/p+1. The van der Waals surface area contributed by atoms with Crippen LogP contribution in [0.1, 0.15) is 11.3 Å². The van der Waals surface area contributed by atoms with Crippen molar-refractivity contribution in [3.05, 3.63) is 82.6 Å². The summed E-state index contributed by atoms with van der Waals surface area (Å²) >= 11 is 0. The number of aromatic nitrogens is 3. The number of fused-ring (bicyclic) bond motifs is 1. The molecule has 174 valence electrons. The Morgan fingerprint density at radius 2 is 1.74 bits per heavy atom. The number of H-pyrrole nitrogens is 1. The number of nitrogens with zero attached hydrogens (tertiary/aromatic N) is 3. The molecule has 1 aliphatic heterocycles. The largest absolute Gasteiger partial charge is 0.439 e. The molecule has 1 unspecified atom stereocenters. The molecule has 5 rings (SSSR count). The molecule has 4 aromatic rings. The van der Waals surface area contributed by atoms with E-state index in [9.17, 15) is 26.7 Å². The third-order valence-corrected chi connectivity index (χ3v) is 7.36. The van der Waals surface area contributed by atoms with E-state index in [4.69, 9.17) is 0 Å². The predicted octanol–water partition coefficient (Wildman–Crippen LogP) is 4.42. The van der Waals surface area contributed by atoms with Crippen molar-refractivity contribution in [3.63, 3.8) is 0 Å². The van der Waals surface area contributed by atoms with Gasteiger partial charge < -0.3 is 0 Å². The molecule has 0 fully saturated rings. The van der Waals surface area contributed by atoms with Crippen molar-refractivity contribution in [1.82, 2.24) is 15.1 Å². The Balaban J connectivity index is 1.41. The van der Waals surface area contributed by atoms with Crippen LogP contribution in [0.4, 0.5) is 18.9 Å². The first-order valence-corrected chi connectivity index (χ1v) is 11.5. The summed E-state index contributed by atoms with van der Waals surface area (Å²) in [5.74, 6) is -0.497. The van der Waals surface area contributed by atoms with Crippen molar-refractivity contribution in [2.24, 2.45) is 0 Å². The van der Waals surface area contributed by atoms with E-state index >= 15 is 0 Å². The minimum absolute atomic E-state index is 0.172. The summed E-state index contributed by atoms with van der Waals surface area (Å²) in [5.41, 5.74) is 2.10. The van der Waals surface area contributed by atoms with E-state index in [-0.39, 0.29) is 17.3 Å². The van der Waals surface area contributed by atoms with Crippen LogP contribution in [0.15, 0.2) is 75.0 Å². The second-order valence-electron chi connectivity index (χ2n) is 7.59. The maximum atomic E-state index is 13.4. The molecule has 8 nitrogen and oxygen atoms in total. The van der Waals surface area contributed by atoms with Crippen LogP contribution in [0.25, 0.3) is 22.5 Å². The quantitative estimate of drug-likeness (QED) is 0.411. The zero-order valence-electron chi connectivity index (χ0n) is 17.2. The third-order valence-electron chi connectivity index (χ3n) is 5.49. The molecule has 0 radical (unpaired) electrons. The van der Waals surface area contributed by atoms with Gasteiger partial charge in [0.2, 0.25) is 4.90 Å². The number of hydrogen-bond acceptors (Lipinski definition) is 5. The van der Waals surface area contributed by atoms with Gasteiger partial charge in [0.1, 0.15) is 5.69 Å². The monoisotopic (exact) mass is 489 g/mol. The smallest absolute Gasteiger partial charge is 0.296 e. The first kappa shape index (κ1) is 22.0. The van der Waals surface area contributed by atoms with Crippen LogP contribution in [0.5, 0.6) is 0 Å². The SMILES string of the molecule is O=c1[nH]c(-c2ccc([S+](=O)(O)N3CCc4cc(-c5ccc(C(F)(F)F)nc5)ccc43)cc2)no1. The Kier molecular flexibility index (Phi) is 5.14. The topological polar surface area (TPSA) is 112 Å². The highest BCUT2D eigenvalue weighted by atomic mass is 32.3. The molecule has 2 N–H and O–H groups in total. The minimum atomic E-state index is -4.51. The number of hydrogen-bond donors (Lipinski definition) is 2. The maximum Gasteiger partial charge on any atom is 0.439 e. The summed E-state index contributed by atoms with van der Waals surface area (Å²) in [7, 11) is -3.62. The number of pyridine rings is 1. The fraction of sp³-hybridized carbons (Fsp3) is 0.136. The zero-order chi connectivity index (χ0) is 24.1. The van der Waals surface area contributed by atoms with Crippen LogP contribution >= 0.6 is 0 Å². The van der Waals surface area contributed by atoms with Crippen molar-refractivity contribution in [2.75, 3.05) is 10.8 Å². The van der Waals surface area contributed by atoms with E-state index in [1.807, 2.05) is 0 Å². The summed E-state index contributed by atoms with van der Waals surface area (Å²) in [6, 6.07) is 13.5. The number of rotatable bonds is 4. The van der Waals surface area contributed by atoms with Crippen molar-refractivity contribution < 1.29 is 26.5 Å². The molecule has 0 bridgehead atoms. The highest BCUT2D eigenvalue weighted by Gasteiger charge is 2.42. The van der Waals surface area contributed by atoms with Gasteiger partial charge >= 0.3 is 22.3 Å². The van der Waals surface area contributed by atoms with E-state index in [0.29, 0.717) is 28.8 Å². The second-order valence-corrected chi connectivity index (χ2v) is 9.50.